The molecule has 3 aromatic rings. The van der Waals surface area contributed by atoms with Gasteiger partial charge in [-0.1, -0.05) is 17.8 Å². The minimum atomic E-state index is -2.38. The fourth-order valence-electron chi connectivity index (χ4n) is 2.32. The molecule has 0 fully saturated rings. The van der Waals surface area contributed by atoms with E-state index in [1.54, 1.807) is 12.1 Å². The van der Waals surface area contributed by atoms with E-state index in [2.05, 4.69) is 30.9 Å². The highest BCUT2D eigenvalue weighted by Crippen LogP contribution is 2.18. The average Bonchev–Trinajstić information content (AvgIpc) is 2.86. The number of allylic oxidation sites excluding steroid dienone is 1. The van der Waals surface area contributed by atoms with Crippen molar-refractivity contribution in [2.75, 3.05) is 18.8 Å². The number of rotatable bonds is 5. The number of hydrogen-bond donors (Lipinski definition) is 0. The normalized spacial score (nSPS) is 11.7. The van der Waals surface area contributed by atoms with Gasteiger partial charge in [-0.2, -0.15) is 14.0 Å². The predicted octanol–water partition coefficient (Wildman–Crippen LogP) is 1.64. The summed E-state index contributed by atoms with van der Waals surface area (Å²) in [6.07, 6.45) is 9.47. The minimum Gasteiger partial charge on any atom is -0.267 e. The van der Waals surface area contributed by atoms with Crippen LogP contribution in [0.5, 0.6) is 0 Å². The highest BCUT2D eigenvalue weighted by Gasteiger charge is 2.18. The second-order valence-corrected chi connectivity index (χ2v) is 8.89. The van der Waals surface area contributed by atoms with Crippen LogP contribution in [-0.4, -0.2) is 52.3 Å². The standard InChI is InChI=1S/C15H17N7O2S2/c1-5-8-21-13(23)10-9-17-15(25-2)19-12(10)22(21)14-16-7-6-11(18-14)20-26(3,4)24/h5-7,9H,1,8H2,2-4H3. The fraction of sp³-hybridized carbons (Fsp3) is 0.267. The van der Waals surface area contributed by atoms with Gasteiger partial charge in [0.05, 0.1) is 6.54 Å². The van der Waals surface area contributed by atoms with Gasteiger partial charge in [-0.25, -0.2) is 23.8 Å². The third-order valence-corrected chi connectivity index (χ3v) is 4.46. The Labute approximate surface area is 154 Å². The van der Waals surface area contributed by atoms with Gasteiger partial charge in [0.25, 0.3) is 11.5 Å². The second kappa shape index (κ2) is 7.00. The highest BCUT2D eigenvalue weighted by molar-refractivity contribution is 7.98. The predicted molar refractivity (Wildman–Crippen MR) is 103 cm³/mol. The van der Waals surface area contributed by atoms with E-state index < -0.39 is 9.73 Å². The number of nitrogens with zero attached hydrogens (tertiary/aromatic N) is 7. The van der Waals surface area contributed by atoms with Crippen molar-refractivity contribution in [3.63, 3.8) is 0 Å². The van der Waals surface area contributed by atoms with Gasteiger partial charge in [-0.15, -0.1) is 6.58 Å². The molecule has 0 aliphatic rings. The van der Waals surface area contributed by atoms with E-state index in [0.717, 1.165) is 0 Å². The molecule has 0 unspecified atom stereocenters. The zero-order valence-electron chi connectivity index (χ0n) is 14.5. The Balaban J connectivity index is 2.35. The molecule has 11 heteroatoms. The molecule has 3 heterocycles. The van der Waals surface area contributed by atoms with E-state index in [0.29, 0.717) is 16.2 Å². The van der Waals surface area contributed by atoms with Gasteiger partial charge in [0.15, 0.2) is 16.6 Å². The molecule has 0 saturated heterocycles. The lowest BCUT2D eigenvalue weighted by molar-refractivity contribution is 0.586. The summed E-state index contributed by atoms with van der Waals surface area (Å²) >= 11 is 1.36. The van der Waals surface area contributed by atoms with E-state index >= 15 is 0 Å². The maximum atomic E-state index is 12.7. The van der Waals surface area contributed by atoms with Crippen LogP contribution in [0.2, 0.25) is 0 Å². The van der Waals surface area contributed by atoms with Crippen LogP contribution in [0.3, 0.4) is 0 Å². The smallest absolute Gasteiger partial charge is 0.267 e. The van der Waals surface area contributed by atoms with Crippen molar-refractivity contribution < 1.29 is 4.21 Å². The Morgan fingerprint density at radius 1 is 1.35 bits per heavy atom. The minimum absolute atomic E-state index is 0.203. The van der Waals surface area contributed by atoms with Crippen molar-refractivity contribution in [1.82, 2.24) is 29.3 Å². The lowest BCUT2D eigenvalue weighted by Gasteiger charge is -2.09. The maximum absolute atomic E-state index is 12.7. The maximum Gasteiger partial charge on any atom is 0.278 e. The summed E-state index contributed by atoms with van der Waals surface area (Å²) in [4.78, 5) is 29.9. The van der Waals surface area contributed by atoms with E-state index in [1.807, 2.05) is 6.26 Å². The van der Waals surface area contributed by atoms with Crippen LogP contribution in [0.1, 0.15) is 0 Å². The molecule has 3 aromatic heterocycles. The summed E-state index contributed by atoms with van der Waals surface area (Å²) in [6.45, 7) is 3.93. The Hall–Kier alpha value is -2.53. The SMILES string of the molecule is C=CCn1c(=O)c2cnc(SC)nc2n1-c1nccc(N=S(C)(C)=O)n1. The Bertz CT molecular complexity index is 1160. The quantitative estimate of drug-likeness (QED) is 0.369. The van der Waals surface area contributed by atoms with Gasteiger partial charge in [0.2, 0.25) is 0 Å². The van der Waals surface area contributed by atoms with E-state index in [4.69, 9.17) is 0 Å². The zero-order valence-corrected chi connectivity index (χ0v) is 16.1. The zero-order chi connectivity index (χ0) is 18.9. The lowest BCUT2D eigenvalue weighted by atomic mass is 10.4. The number of fused-ring (bicyclic) bond motifs is 1. The van der Waals surface area contributed by atoms with Crippen LogP contribution < -0.4 is 5.56 Å². The van der Waals surface area contributed by atoms with Crippen LogP contribution in [0, 0.1) is 0 Å². The van der Waals surface area contributed by atoms with Crippen LogP contribution in [0.25, 0.3) is 17.0 Å². The van der Waals surface area contributed by atoms with Gasteiger partial charge in [-0.3, -0.25) is 4.79 Å². The summed E-state index contributed by atoms with van der Waals surface area (Å²) in [5.41, 5.74) is 0.121. The third kappa shape index (κ3) is 3.53. The number of hydrogen-bond acceptors (Lipinski definition) is 8. The van der Waals surface area contributed by atoms with E-state index in [1.165, 1.54) is 46.0 Å². The molecule has 136 valence electrons. The monoisotopic (exact) mass is 391 g/mol. The molecule has 3 rings (SSSR count). The molecule has 0 aromatic carbocycles. The van der Waals surface area contributed by atoms with Gasteiger partial charge in [-0.05, 0) is 6.26 Å². The molecule has 0 saturated carbocycles. The van der Waals surface area contributed by atoms with Crippen LogP contribution in [0.4, 0.5) is 5.82 Å². The van der Waals surface area contributed by atoms with Crippen LogP contribution in [-0.2, 0) is 16.3 Å². The molecular formula is C15H17N7O2S2. The highest BCUT2D eigenvalue weighted by atomic mass is 32.2. The Morgan fingerprint density at radius 2 is 2.12 bits per heavy atom. The molecule has 0 aliphatic carbocycles. The topological polar surface area (TPSA) is 108 Å². The summed E-state index contributed by atoms with van der Waals surface area (Å²) in [7, 11) is -2.38. The molecule has 0 amide bonds. The third-order valence-electron chi connectivity index (χ3n) is 3.27. The first-order valence-electron chi connectivity index (χ1n) is 7.48. The van der Waals surface area contributed by atoms with Crippen molar-refractivity contribution in [1.29, 1.82) is 0 Å². The number of aromatic nitrogens is 6. The molecule has 0 spiro atoms. The van der Waals surface area contributed by atoms with E-state index in [9.17, 15) is 9.00 Å². The Morgan fingerprint density at radius 3 is 2.77 bits per heavy atom. The average molecular weight is 391 g/mol. The Kier molecular flexibility index (Phi) is 4.92. The molecule has 26 heavy (non-hydrogen) atoms. The van der Waals surface area contributed by atoms with Crippen LogP contribution >= 0.6 is 11.8 Å². The molecule has 0 aliphatic heterocycles. The summed E-state index contributed by atoms with van der Waals surface area (Å²) < 4.78 is 19.0. The van der Waals surface area contributed by atoms with Gasteiger partial charge < -0.3 is 0 Å². The van der Waals surface area contributed by atoms with Gasteiger partial charge >= 0.3 is 0 Å². The molecule has 0 atom stereocenters. The van der Waals surface area contributed by atoms with Crippen molar-refractivity contribution in [2.45, 2.75) is 11.7 Å². The first-order chi connectivity index (χ1) is 12.3. The van der Waals surface area contributed by atoms with Gasteiger partial charge in [0.1, 0.15) is 5.39 Å². The molecular weight excluding hydrogens is 374 g/mol. The molecule has 0 radical (unpaired) electrons. The largest absolute Gasteiger partial charge is 0.278 e. The van der Waals surface area contributed by atoms with Crippen molar-refractivity contribution in [3.8, 4) is 5.95 Å². The molecule has 9 nitrogen and oxygen atoms in total. The van der Waals surface area contributed by atoms with Gasteiger partial charge in [0, 0.05) is 40.7 Å². The number of thioether (sulfide) groups is 1. The summed E-state index contributed by atoms with van der Waals surface area (Å²) in [6, 6.07) is 1.56. The lowest BCUT2D eigenvalue weighted by Crippen LogP contribution is -2.22. The summed E-state index contributed by atoms with van der Waals surface area (Å²) in [5.74, 6) is 0.471. The van der Waals surface area contributed by atoms with Crippen molar-refractivity contribution >= 4 is 38.3 Å². The first-order valence-corrected chi connectivity index (χ1v) is 11.0. The van der Waals surface area contributed by atoms with Crippen molar-refractivity contribution in [3.05, 3.63) is 41.5 Å². The van der Waals surface area contributed by atoms with Crippen LogP contribution in [0.15, 0.2) is 45.4 Å². The molecule has 0 bridgehead atoms. The van der Waals surface area contributed by atoms with E-state index in [-0.39, 0.29) is 23.9 Å². The molecule has 0 N–H and O–H groups in total. The summed E-state index contributed by atoms with van der Waals surface area (Å²) in [5, 5.41) is 0.873. The first kappa shape index (κ1) is 18.3. The van der Waals surface area contributed by atoms with Crippen molar-refractivity contribution in [2.24, 2.45) is 4.36 Å². The second-order valence-electron chi connectivity index (χ2n) is 5.57. The fourth-order valence-corrected chi connectivity index (χ4v) is 3.21.